The number of aliphatic carboxylic acids is 1. The zero-order valence-electron chi connectivity index (χ0n) is 11.1. The van der Waals surface area contributed by atoms with E-state index in [2.05, 4.69) is 15.9 Å². The summed E-state index contributed by atoms with van der Waals surface area (Å²) in [6, 6.07) is 5.18. The van der Waals surface area contributed by atoms with Gasteiger partial charge in [0.1, 0.15) is 5.75 Å². The van der Waals surface area contributed by atoms with Gasteiger partial charge >= 0.3 is 5.97 Å². The molecule has 108 valence electrons. The lowest BCUT2D eigenvalue weighted by atomic mass is 10.1. The zero-order chi connectivity index (χ0) is 14.7. The van der Waals surface area contributed by atoms with Crippen LogP contribution in [0.5, 0.6) is 5.75 Å². The molecule has 1 aliphatic rings. The number of hydrogen-bond acceptors (Lipinski definition) is 3. The number of rotatable bonds is 4. The number of carboxylic acids is 1. The van der Waals surface area contributed by atoms with Gasteiger partial charge in [-0.3, -0.25) is 9.59 Å². The maximum absolute atomic E-state index is 12.3. The molecule has 0 bridgehead atoms. The highest BCUT2D eigenvalue weighted by atomic mass is 79.9. The van der Waals surface area contributed by atoms with Gasteiger partial charge in [-0.05, 0) is 46.5 Å². The van der Waals surface area contributed by atoms with Gasteiger partial charge in [0.25, 0.3) is 5.91 Å². The Morgan fingerprint density at radius 1 is 1.50 bits per heavy atom. The van der Waals surface area contributed by atoms with Crippen LogP contribution in [-0.2, 0) is 4.79 Å². The first-order valence-corrected chi connectivity index (χ1v) is 7.15. The molecular weight excluding hydrogens is 326 g/mol. The van der Waals surface area contributed by atoms with Crippen LogP contribution in [0.1, 0.15) is 23.2 Å². The van der Waals surface area contributed by atoms with Crippen LogP contribution in [-0.4, -0.2) is 42.1 Å². The molecule has 0 spiro atoms. The minimum absolute atomic E-state index is 0.0538. The van der Waals surface area contributed by atoms with E-state index in [9.17, 15) is 9.59 Å². The third-order valence-electron chi connectivity index (χ3n) is 3.44. The fourth-order valence-corrected chi connectivity index (χ4v) is 2.95. The number of likely N-dealkylation sites (tertiary alicyclic amines) is 1. The molecule has 1 fully saturated rings. The molecule has 2 rings (SSSR count). The van der Waals surface area contributed by atoms with Gasteiger partial charge in [-0.1, -0.05) is 0 Å². The SMILES string of the molecule is COc1ccc(C(=O)N2CCC(CC(=O)O)C2)cc1Br. The minimum atomic E-state index is -0.809. The van der Waals surface area contributed by atoms with Crippen molar-refractivity contribution in [2.75, 3.05) is 20.2 Å². The molecule has 0 aliphatic carbocycles. The molecule has 1 heterocycles. The fourth-order valence-electron chi connectivity index (χ4n) is 2.41. The molecule has 1 N–H and O–H groups in total. The normalized spacial score (nSPS) is 18.1. The first kappa shape index (κ1) is 14.8. The average Bonchev–Trinajstić information content (AvgIpc) is 2.85. The molecular formula is C14H16BrNO4. The molecule has 0 aromatic heterocycles. The van der Waals surface area contributed by atoms with Crippen LogP contribution in [0.4, 0.5) is 0 Å². The number of methoxy groups -OCH3 is 1. The second-order valence-electron chi connectivity index (χ2n) is 4.85. The molecule has 0 radical (unpaired) electrons. The predicted octanol–water partition coefficient (Wildman–Crippen LogP) is 2.39. The van der Waals surface area contributed by atoms with Crippen molar-refractivity contribution in [3.05, 3.63) is 28.2 Å². The highest BCUT2D eigenvalue weighted by Crippen LogP contribution is 2.27. The molecule has 1 saturated heterocycles. The van der Waals surface area contributed by atoms with E-state index in [1.807, 2.05) is 0 Å². The summed E-state index contributed by atoms with van der Waals surface area (Å²) in [5.74, 6) is -0.150. The second-order valence-corrected chi connectivity index (χ2v) is 5.71. The monoisotopic (exact) mass is 341 g/mol. The number of carbonyl (C=O) groups excluding carboxylic acids is 1. The van der Waals surface area contributed by atoms with Gasteiger partial charge in [0, 0.05) is 25.1 Å². The Hall–Kier alpha value is -1.56. The van der Waals surface area contributed by atoms with Gasteiger partial charge in [0.05, 0.1) is 11.6 Å². The summed E-state index contributed by atoms with van der Waals surface area (Å²) >= 11 is 3.36. The molecule has 1 amide bonds. The van der Waals surface area contributed by atoms with Crippen LogP contribution in [0.2, 0.25) is 0 Å². The number of carbonyl (C=O) groups is 2. The number of amides is 1. The summed E-state index contributed by atoms with van der Waals surface area (Å²) in [5.41, 5.74) is 0.577. The lowest BCUT2D eigenvalue weighted by Crippen LogP contribution is -2.29. The number of halogens is 1. The van der Waals surface area contributed by atoms with E-state index in [0.29, 0.717) is 24.4 Å². The number of benzene rings is 1. The molecule has 1 atom stereocenters. The van der Waals surface area contributed by atoms with Gasteiger partial charge in [-0.2, -0.15) is 0 Å². The highest BCUT2D eigenvalue weighted by molar-refractivity contribution is 9.10. The van der Waals surface area contributed by atoms with Crippen molar-refractivity contribution < 1.29 is 19.4 Å². The van der Waals surface area contributed by atoms with Gasteiger partial charge in [0.2, 0.25) is 0 Å². The zero-order valence-corrected chi connectivity index (χ0v) is 12.7. The summed E-state index contributed by atoms with van der Waals surface area (Å²) in [7, 11) is 1.57. The van der Waals surface area contributed by atoms with Crippen LogP contribution in [0, 0.1) is 5.92 Å². The molecule has 1 unspecified atom stereocenters. The minimum Gasteiger partial charge on any atom is -0.496 e. The molecule has 0 saturated carbocycles. The standard InChI is InChI=1S/C14H16BrNO4/c1-20-12-3-2-10(7-11(12)15)14(19)16-5-4-9(8-16)6-13(17)18/h2-3,7,9H,4-6,8H2,1H3,(H,17,18). The number of ether oxygens (including phenoxy) is 1. The van der Waals surface area contributed by atoms with Crippen molar-refractivity contribution in [3.8, 4) is 5.75 Å². The fraction of sp³-hybridized carbons (Fsp3) is 0.429. The second kappa shape index (κ2) is 6.26. The van der Waals surface area contributed by atoms with Crippen molar-refractivity contribution in [3.63, 3.8) is 0 Å². The predicted molar refractivity (Wildman–Crippen MR) is 77.0 cm³/mol. The van der Waals surface area contributed by atoms with Crippen molar-refractivity contribution in [2.24, 2.45) is 5.92 Å². The number of nitrogens with zero attached hydrogens (tertiary/aromatic N) is 1. The molecule has 6 heteroatoms. The van der Waals surface area contributed by atoms with E-state index in [1.54, 1.807) is 30.2 Å². The Kier molecular flexibility index (Phi) is 4.65. The Balaban J connectivity index is 2.05. The highest BCUT2D eigenvalue weighted by Gasteiger charge is 2.28. The maximum atomic E-state index is 12.3. The summed E-state index contributed by atoms with van der Waals surface area (Å²) in [4.78, 5) is 24.8. The van der Waals surface area contributed by atoms with E-state index in [1.165, 1.54) is 0 Å². The molecule has 1 aliphatic heterocycles. The Bertz CT molecular complexity index is 532. The first-order valence-electron chi connectivity index (χ1n) is 6.36. The summed E-state index contributed by atoms with van der Waals surface area (Å²) in [6.07, 6.45) is 0.867. The molecule has 20 heavy (non-hydrogen) atoms. The van der Waals surface area contributed by atoms with Crippen LogP contribution in [0.3, 0.4) is 0 Å². The molecule has 5 nitrogen and oxygen atoms in total. The smallest absolute Gasteiger partial charge is 0.303 e. The summed E-state index contributed by atoms with van der Waals surface area (Å²) in [5, 5.41) is 8.79. The number of carboxylic acid groups (broad SMARTS) is 1. The van der Waals surface area contributed by atoms with Crippen LogP contribution in [0.25, 0.3) is 0 Å². The summed E-state index contributed by atoms with van der Waals surface area (Å²) in [6.45, 7) is 1.12. The lowest BCUT2D eigenvalue weighted by molar-refractivity contribution is -0.138. The van der Waals surface area contributed by atoms with E-state index in [-0.39, 0.29) is 18.2 Å². The van der Waals surface area contributed by atoms with Crippen LogP contribution < -0.4 is 4.74 Å². The van der Waals surface area contributed by atoms with E-state index in [4.69, 9.17) is 9.84 Å². The quantitative estimate of drug-likeness (QED) is 0.912. The van der Waals surface area contributed by atoms with Gasteiger partial charge in [0.15, 0.2) is 0 Å². The van der Waals surface area contributed by atoms with Gasteiger partial charge in [-0.15, -0.1) is 0 Å². The first-order chi connectivity index (χ1) is 9.51. The summed E-state index contributed by atoms with van der Waals surface area (Å²) < 4.78 is 5.86. The third-order valence-corrected chi connectivity index (χ3v) is 4.05. The maximum Gasteiger partial charge on any atom is 0.303 e. The molecule has 1 aromatic carbocycles. The topological polar surface area (TPSA) is 66.8 Å². The Labute approximate surface area is 125 Å². The Morgan fingerprint density at radius 2 is 2.25 bits per heavy atom. The van der Waals surface area contributed by atoms with Gasteiger partial charge < -0.3 is 14.7 Å². The number of hydrogen-bond donors (Lipinski definition) is 1. The van der Waals surface area contributed by atoms with E-state index in [0.717, 1.165) is 10.9 Å². The Morgan fingerprint density at radius 3 is 2.85 bits per heavy atom. The van der Waals surface area contributed by atoms with E-state index >= 15 is 0 Å². The average molecular weight is 342 g/mol. The van der Waals surface area contributed by atoms with Crippen LogP contribution >= 0.6 is 15.9 Å². The van der Waals surface area contributed by atoms with Crippen molar-refractivity contribution >= 4 is 27.8 Å². The van der Waals surface area contributed by atoms with Crippen molar-refractivity contribution in [1.29, 1.82) is 0 Å². The van der Waals surface area contributed by atoms with E-state index < -0.39 is 5.97 Å². The largest absolute Gasteiger partial charge is 0.496 e. The lowest BCUT2D eigenvalue weighted by Gasteiger charge is -2.17. The third kappa shape index (κ3) is 3.30. The van der Waals surface area contributed by atoms with Gasteiger partial charge in [-0.25, -0.2) is 0 Å². The molecule has 1 aromatic rings. The van der Waals surface area contributed by atoms with Crippen LogP contribution in [0.15, 0.2) is 22.7 Å². The van der Waals surface area contributed by atoms with Crippen molar-refractivity contribution in [2.45, 2.75) is 12.8 Å². The van der Waals surface area contributed by atoms with Crippen molar-refractivity contribution in [1.82, 2.24) is 4.90 Å².